The molecular weight excluding hydrogens is 274 g/mol. The topological polar surface area (TPSA) is 104 Å². The summed E-state index contributed by atoms with van der Waals surface area (Å²) in [4.78, 5) is 34.2. The van der Waals surface area contributed by atoms with Crippen molar-refractivity contribution in [3.63, 3.8) is 0 Å². The molecule has 2 aliphatic rings. The van der Waals surface area contributed by atoms with E-state index < -0.39 is 11.9 Å². The maximum Gasteiger partial charge on any atom is 0.335 e. The molecule has 21 heavy (non-hydrogen) atoms. The quantitative estimate of drug-likeness (QED) is 0.787. The molecule has 2 saturated carbocycles. The minimum atomic E-state index is -1.23. The van der Waals surface area contributed by atoms with Crippen LogP contribution in [0.1, 0.15) is 40.0 Å². The first-order valence-corrected chi connectivity index (χ1v) is 6.90. The molecule has 2 unspecified atom stereocenters. The molecule has 1 amide bonds. The van der Waals surface area contributed by atoms with Crippen LogP contribution in [0.4, 0.5) is 5.69 Å². The molecule has 0 aliphatic heterocycles. The van der Waals surface area contributed by atoms with Gasteiger partial charge in [0.05, 0.1) is 11.1 Å². The van der Waals surface area contributed by atoms with Crippen LogP contribution in [-0.2, 0) is 4.79 Å². The van der Waals surface area contributed by atoms with E-state index in [-0.39, 0.29) is 28.6 Å². The number of aromatic carboxylic acids is 2. The Morgan fingerprint density at radius 2 is 1.48 bits per heavy atom. The third kappa shape index (κ3) is 2.49. The highest BCUT2D eigenvalue weighted by molar-refractivity contribution is 5.99. The van der Waals surface area contributed by atoms with Crippen molar-refractivity contribution in [3.05, 3.63) is 29.3 Å². The summed E-state index contributed by atoms with van der Waals surface area (Å²) in [5, 5.41) is 20.7. The lowest BCUT2D eigenvalue weighted by atomic mass is 10.1. The number of fused-ring (bicyclic) bond motifs is 1. The second-order valence-electron chi connectivity index (χ2n) is 5.68. The predicted octanol–water partition coefficient (Wildman–Crippen LogP) is 2.07. The lowest BCUT2D eigenvalue weighted by Gasteiger charge is -2.09. The molecular formula is C15H15NO5. The Balaban J connectivity index is 1.79. The molecule has 0 bridgehead atoms. The Kier molecular flexibility index (Phi) is 3.16. The summed E-state index contributed by atoms with van der Waals surface area (Å²) < 4.78 is 0. The summed E-state index contributed by atoms with van der Waals surface area (Å²) in [6.07, 6.45) is 3.30. The number of benzene rings is 1. The molecule has 3 rings (SSSR count). The second-order valence-corrected chi connectivity index (χ2v) is 5.68. The zero-order chi connectivity index (χ0) is 15.1. The van der Waals surface area contributed by atoms with E-state index in [2.05, 4.69) is 5.32 Å². The summed E-state index contributed by atoms with van der Waals surface area (Å²) in [6, 6.07) is 3.64. The Morgan fingerprint density at radius 3 is 1.95 bits per heavy atom. The molecule has 0 aromatic heterocycles. The van der Waals surface area contributed by atoms with Crippen molar-refractivity contribution < 1.29 is 24.6 Å². The van der Waals surface area contributed by atoms with Crippen molar-refractivity contribution in [2.45, 2.75) is 19.3 Å². The lowest BCUT2D eigenvalue weighted by molar-refractivity contribution is -0.118. The molecule has 0 heterocycles. The number of hydrogen-bond acceptors (Lipinski definition) is 3. The molecule has 110 valence electrons. The van der Waals surface area contributed by atoms with Gasteiger partial charge in [-0.25, -0.2) is 9.59 Å². The number of amides is 1. The highest BCUT2D eigenvalue weighted by Gasteiger charge is 2.56. The summed E-state index contributed by atoms with van der Waals surface area (Å²) in [5.41, 5.74) is -0.0790. The molecule has 2 fully saturated rings. The summed E-state index contributed by atoms with van der Waals surface area (Å²) in [6.45, 7) is 0. The van der Waals surface area contributed by atoms with Crippen LogP contribution in [0, 0.1) is 17.8 Å². The average Bonchev–Trinajstić information content (AvgIpc) is 2.92. The zero-order valence-corrected chi connectivity index (χ0v) is 11.2. The first-order chi connectivity index (χ1) is 9.97. The number of carboxylic acids is 2. The van der Waals surface area contributed by atoms with Crippen molar-refractivity contribution in [3.8, 4) is 0 Å². The molecule has 3 N–H and O–H groups in total. The van der Waals surface area contributed by atoms with Gasteiger partial charge in [0.25, 0.3) is 0 Å². The smallest absolute Gasteiger partial charge is 0.335 e. The number of carboxylic acid groups (broad SMARTS) is 2. The van der Waals surface area contributed by atoms with Crippen LogP contribution >= 0.6 is 0 Å². The van der Waals surface area contributed by atoms with Crippen LogP contribution in [0.25, 0.3) is 0 Å². The van der Waals surface area contributed by atoms with E-state index >= 15 is 0 Å². The molecule has 6 nitrogen and oxygen atoms in total. The van der Waals surface area contributed by atoms with Gasteiger partial charge in [-0.2, -0.15) is 0 Å². The fraction of sp³-hybridized carbons (Fsp3) is 0.400. The van der Waals surface area contributed by atoms with Crippen LogP contribution in [0.2, 0.25) is 0 Å². The van der Waals surface area contributed by atoms with E-state index in [4.69, 9.17) is 10.2 Å². The van der Waals surface area contributed by atoms with Crippen LogP contribution in [0.5, 0.6) is 0 Å². The molecule has 1 aromatic rings. The summed E-state index contributed by atoms with van der Waals surface area (Å²) in [5.74, 6) is -1.68. The number of rotatable bonds is 4. The van der Waals surface area contributed by atoms with E-state index in [0.717, 1.165) is 25.3 Å². The van der Waals surface area contributed by atoms with Crippen molar-refractivity contribution >= 4 is 23.5 Å². The monoisotopic (exact) mass is 289 g/mol. The van der Waals surface area contributed by atoms with Gasteiger partial charge in [-0.05, 0) is 42.9 Å². The maximum atomic E-state index is 12.1. The van der Waals surface area contributed by atoms with Crippen LogP contribution in [-0.4, -0.2) is 28.1 Å². The highest BCUT2D eigenvalue weighted by atomic mass is 16.4. The minimum Gasteiger partial charge on any atom is -0.478 e. The molecule has 1 aromatic carbocycles. The number of anilines is 1. The predicted molar refractivity (Wildman–Crippen MR) is 73.3 cm³/mol. The minimum absolute atomic E-state index is 0.000474. The van der Waals surface area contributed by atoms with Gasteiger partial charge >= 0.3 is 11.9 Å². The summed E-state index contributed by atoms with van der Waals surface area (Å²) >= 11 is 0. The standard InChI is InChI=1S/C15H15NO5/c17-13(12-10-2-1-3-11(10)12)16-9-5-7(14(18)19)4-8(6-9)15(20)21/h4-6,10-12H,1-3H2,(H,16,17)(H,18,19)(H,20,21). The van der Waals surface area contributed by atoms with Crippen LogP contribution < -0.4 is 5.32 Å². The Hall–Kier alpha value is -2.37. The van der Waals surface area contributed by atoms with Gasteiger partial charge in [-0.15, -0.1) is 0 Å². The molecule has 2 aliphatic carbocycles. The Bertz CT molecular complexity index is 597. The summed E-state index contributed by atoms with van der Waals surface area (Å²) in [7, 11) is 0. The zero-order valence-electron chi connectivity index (χ0n) is 11.2. The van der Waals surface area contributed by atoms with Gasteiger partial charge in [0.2, 0.25) is 5.91 Å². The normalized spacial score (nSPS) is 26.0. The van der Waals surface area contributed by atoms with Gasteiger partial charge in [-0.1, -0.05) is 6.42 Å². The van der Waals surface area contributed by atoms with Gasteiger partial charge < -0.3 is 15.5 Å². The Morgan fingerprint density at radius 1 is 0.952 bits per heavy atom. The fourth-order valence-corrected chi connectivity index (χ4v) is 3.38. The second kappa shape index (κ2) is 4.87. The molecule has 0 spiro atoms. The third-order valence-electron chi connectivity index (χ3n) is 4.40. The Labute approximate surface area is 120 Å². The van der Waals surface area contributed by atoms with Gasteiger partial charge in [0.1, 0.15) is 0 Å². The van der Waals surface area contributed by atoms with E-state index in [1.54, 1.807) is 0 Å². The van der Waals surface area contributed by atoms with Gasteiger partial charge in [0, 0.05) is 11.6 Å². The van der Waals surface area contributed by atoms with Crippen LogP contribution in [0.15, 0.2) is 18.2 Å². The van der Waals surface area contributed by atoms with Gasteiger partial charge in [0.15, 0.2) is 0 Å². The average molecular weight is 289 g/mol. The van der Waals surface area contributed by atoms with Crippen molar-refractivity contribution in [2.75, 3.05) is 5.32 Å². The first kappa shape index (κ1) is 13.6. The molecule has 0 radical (unpaired) electrons. The molecule has 2 atom stereocenters. The SMILES string of the molecule is O=C(O)c1cc(NC(=O)C2C3CCCC32)cc(C(=O)O)c1. The number of hydrogen-bond donors (Lipinski definition) is 3. The molecule has 6 heteroatoms. The van der Waals surface area contributed by atoms with Crippen molar-refractivity contribution in [1.82, 2.24) is 0 Å². The fourth-order valence-electron chi connectivity index (χ4n) is 3.38. The highest BCUT2D eigenvalue weighted by Crippen LogP contribution is 2.57. The molecule has 0 saturated heterocycles. The third-order valence-corrected chi connectivity index (χ3v) is 4.40. The van der Waals surface area contributed by atoms with Crippen molar-refractivity contribution in [2.24, 2.45) is 17.8 Å². The number of nitrogens with one attached hydrogen (secondary N) is 1. The van der Waals surface area contributed by atoms with E-state index in [0.29, 0.717) is 11.8 Å². The number of carbonyl (C=O) groups is 3. The van der Waals surface area contributed by atoms with Crippen molar-refractivity contribution in [1.29, 1.82) is 0 Å². The van der Waals surface area contributed by atoms with E-state index in [1.807, 2.05) is 0 Å². The van der Waals surface area contributed by atoms with E-state index in [1.165, 1.54) is 12.1 Å². The lowest BCUT2D eigenvalue weighted by Crippen LogP contribution is -2.17. The maximum absolute atomic E-state index is 12.1. The first-order valence-electron chi connectivity index (χ1n) is 6.90. The van der Waals surface area contributed by atoms with Crippen LogP contribution in [0.3, 0.4) is 0 Å². The van der Waals surface area contributed by atoms with Gasteiger partial charge in [-0.3, -0.25) is 4.79 Å². The number of carbonyl (C=O) groups excluding carboxylic acids is 1. The van der Waals surface area contributed by atoms with E-state index in [9.17, 15) is 14.4 Å². The largest absolute Gasteiger partial charge is 0.478 e.